The van der Waals surface area contributed by atoms with Crippen molar-refractivity contribution in [3.05, 3.63) is 0 Å². The average molecular weight is 207 g/mol. The van der Waals surface area contributed by atoms with E-state index in [4.69, 9.17) is 0 Å². The zero-order valence-corrected chi connectivity index (χ0v) is 7.22. The van der Waals surface area contributed by atoms with Crippen molar-refractivity contribution in [3.63, 3.8) is 0 Å². The maximum atomic E-state index is 10.3. The molecule has 0 rings (SSSR count). The van der Waals surface area contributed by atoms with Crippen LogP contribution in [-0.4, -0.2) is 23.7 Å². The van der Waals surface area contributed by atoms with Crippen molar-refractivity contribution in [1.29, 1.82) is 0 Å². The second kappa shape index (κ2) is 1.97. The van der Waals surface area contributed by atoms with Gasteiger partial charge in [0, 0.05) is 0 Å². The van der Waals surface area contributed by atoms with Gasteiger partial charge in [-0.3, -0.25) is 0 Å². The molecule has 5 nitrogen and oxygen atoms in total. The van der Waals surface area contributed by atoms with Crippen LogP contribution in [0, 0.1) is 0 Å². The summed E-state index contributed by atoms with van der Waals surface area (Å²) >= 11 is 0. The summed E-state index contributed by atoms with van der Waals surface area (Å²) in [5, 5.41) is 0. The predicted molar refractivity (Wildman–Crippen MR) is 34.3 cm³/mol. The van der Waals surface area contributed by atoms with E-state index in [2.05, 4.69) is 0 Å². The van der Waals surface area contributed by atoms with Crippen molar-refractivity contribution < 1.29 is 32.7 Å². The van der Waals surface area contributed by atoms with Crippen LogP contribution in [0.2, 0.25) is 5.79 Å². The third-order valence-corrected chi connectivity index (χ3v) is 5.15. The van der Waals surface area contributed by atoms with Crippen molar-refractivity contribution >= 4 is 23.7 Å². The van der Waals surface area contributed by atoms with Crippen molar-refractivity contribution in [2.24, 2.45) is 0 Å². The van der Waals surface area contributed by atoms with E-state index in [-0.39, 0.29) is 0 Å². The molecule has 0 heterocycles. The van der Waals surface area contributed by atoms with Crippen LogP contribution in [0.1, 0.15) is 0 Å². The van der Waals surface area contributed by atoms with Crippen molar-refractivity contribution in [2.45, 2.75) is 5.79 Å². The molecule has 0 unspecified atom stereocenters. The van der Waals surface area contributed by atoms with E-state index in [0.717, 1.165) is 23.7 Å². The zero-order chi connectivity index (χ0) is 9.94. The molecule has 0 saturated heterocycles. The normalized spacial score (nSPS) is 11.8. The Bertz CT molecular complexity index is 672. The van der Waals surface area contributed by atoms with Crippen LogP contribution in [0.5, 0.6) is 0 Å². The Morgan fingerprint density at radius 1 is 0.667 bits per heavy atom. The van der Waals surface area contributed by atoms with Gasteiger partial charge in [-0.1, -0.05) is 0 Å². The first kappa shape index (κ1) is 10.4. The van der Waals surface area contributed by atoms with Crippen molar-refractivity contribution in [1.82, 2.24) is 0 Å². The molecule has 0 aromatic rings. The number of hydrogen-bond acceptors (Lipinski definition) is 5. The van der Waals surface area contributed by atoms with E-state index < -0.39 is 8.74 Å². The first-order chi connectivity index (χ1) is 5.39. The van der Waals surface area contributed by atoms with Crippen LogP contribution >= 0.6 is 0 Å². The fraction of sp³-hybridized carbons (Fsp3) is 0.167. The summed E-state index contributed by atoms with van der Waals surface area (Å²) in [6, 6.07) is 0. The quantitative estimate of drug-likeness (QED) is 0.487. The molecule has 0 radical (unpaired) electrons. The van der Waals surface area contributed by atoms with Gasteiger partial charge < -0.3 is 0 Å². The second-order valence-corrected chi connectivity index (χ2v) is 10.1. The van der Waals surface area contributed by atoms with E-state index in [0.29, 0.717) is 5.79 Å². The van der Waals surface area contributed by atoms with Gasteiger partial charge in [0.1, 0.15) is 0 Å². The maximum absolute atomic E-state index is 10.3. The van der Waals surface area contributed by atoms with E-state index >= 15 is 0 Å². The van der Waals surface area contributed by atoms with E-state index in [9.17, 15) is 24.0 Å². The van der Waals surface area contributed by atoms with E-state index in [1.807, 2.05) is 0 Å². The van der Waals surface area contributed by atoms with Crippen molar-refractivity contribution in [3.8, 4) is 0 Å². The molecule has 0 atom stereocenters. The molecule has 0 aliphatic heterocycles. The molecule has 0 saturated carbocycles. The molecule has 0 aromatic heterocycles. The molecule has 0 aliphatic rings. The summed E-state index contributed by atoms with van der Waals surface area (Å²) in [6.07, 6.45) is 0. The molecule has 0 fully saturated rings. The van der Waals surface area contributed by atoms with Gasteiger partial charge in [0.05, 0.1) is 0 Å². The second-order valence-electron chi connectivity index (χ2n) is 2.46. The van der Waals surface area contributed by atoms with Gasteiger partial charge in [-0.2, -0.15) is 0 Å². The Labute approximate surface area is 62.8 Å². The third-order valence-electron chi connectivity index (χ3n) is 1.25. The Morgan fingerprint density at radius 3 is 0.833 bits per heavy atom. The first-order valence-corrected chi connectivity index (χ1v) is 6.91. The summed E-state index contributed by atoms with van der Waals surface area (Å²) in [6.45, 7) is 0. The van der Waals surface area contributed by atoms with Gasteiger partial charge in [-0.15, -0.1) is 0 Å². The van der Waals surface area contributed by atoms with Gasteiger partial charge in [0.15, 0.2) is 0 Å². The molecule has 0 N–H and O–H groups in total. The number of carbonyl (C=O) groups excluding carboxylic acids is 5. The van der Waals surface area contributed by atoms with Crippen LogP contribution in [0.3, 0.4) is 0 Å². The van der Waals surface area contributed by atoms with E-state index in [1.54, 1.807) is 0 Å². The fourth-order valence-electron chi connectivity index (χ4n) is 0.170. The fourth-order valence-corrected chi connectivity index (χ4v) is 0.701. The Hall–Kier alpha value is -1.57. The summed E-state index contributed by atoms with van der Waals surface area (Å²) in [5.74, 6) is 0.556. The molecule has 0 amide bonds. The van der Waals surface area contributed by atoms with Gasteiger partial charge in [-0.05, 0) is 0 Å². The van der Waals surface area contributed by atoms with Gasteiger partial charge >= 0.3 is 62.2 Å². The number of rotatable bonds is 0. The van der Waals surface area contributed by atoms with Gasteiger partial charge in [0.25, 0.3) is 0 Å². The van der Waals surface area contributed by atoms with Crippen LogP contribution in [0.4, 0.5) is 0 Å². The monoisotopic (exact) mass is 207 g/mol. The first-order valence-electron chi connectivity index (χ1n) is 2.45. The molecular weight excluding hydrogens is 204 g/mol. The van der Waals surface area contributed by atoms with Crippen LogP contribution < -0.4 is 0 Å². The van der Waals surface area contributed by atoms with E-state index in [1.165, 1.54) is 0 Å². The molecule has 0 aliphatic carbocycles. The van der Waals surface area contributed by atoms with Crippen LogP contribution in [0.15, 0.2) is 0 Å². The molecule has 0 aromatic carbocycles. The summed E-state index contributed by atoms with van der Waals surface area (Å²) in [7, 11) is -6.24. The summed E-state index contributed by atoms with van der Waals surface area (Å²) < 4.78 is 4.13. The van der Waals surface area contributed by atoms with Gasteiger partial charge in [-0.25, -0.2) is 0 Å². The summed E-state index contributed by atoms with van der Waals surface area (Å²) in [5.41, 5.74) is 0. The van der Waals surface area contributed by atoms with Crippen LogP contribution in [-0.2, 0) is 32.7 Å². The Kier molecular flexibility index (Phi) is 1.72. The van der Waals surface area contributed by atoms with Gasteiger partial charge in [0.2, 0.25) is 0 Å². The molecular formula is C6H3CrO5. The molecule has 63 valence electrons. The Balaban J connectivity index is 9.93. The molecule has 12 heavy (non-hydrogen) atoms. The zero-order valence-electron chi connectivity index (χ0n) is 5.95. The molecule has 0 spiro atoms. The minimum atomic E-state index is -6.24. The molecule has 0 bridgehead atoms. The third kappa shape index (κ3) is 0.848. The minimum absolute atomic E-state index is 0.556. The summed E-state index contributed by atoms with van der Waals surface area (Å²) in [4.78, 5) is 51.5. The SMILES string of the molecule is [CH3][Cr](=[C]=O)(=[C]=O)(=[C]=O)(=[C]=O)=[C]=O. The average Bonchev–Trinajstić information content (AvgIpc) is 2.19. The number of hydrogen-bond donors (Lipinski definition) is 0. The molecule has 6 heteroatoms. The van der Waals surface area contributed by atoms with Crippen molar-refractivity contribution in [2.75, 3.05) is 0 Å². The predicted octanol–water partition coefficient (Wildman–Crippen LogP) is -1.40. The topological polar surface area (TPSA) is 85.3 Å². The Morgan fingerprint density at radius 2 is 0.833 bits per heavy atom. The standard InChI is InChI=1S/5CO.CH3.Cr/c5*1-2;;/h;;;;;1H3;. The van der Waals surface area contributed by atoms with Crippen LogP contribution in [0.25, 0.3) is 0 Å².